The van der Waals surface area contributed by atoms with E-state index in [-0.39, 0.29) is 5.91 Å². The van der Waals surface area contributed by atoms with Crippen LogP contribution in [0.3, 0.4) is 0 Å². The lowest BCUT2D eigenvalue weighted by Gasteiger charge is -2.39. The maximum atomic E-state index is 12.5. The van der Waals surface area contributed by atoms with Crippen molar-refractivity contribution in [1.82, 2.24) is 10.2 Å². The highest BCUT2D eigenvalue weighted by molar-refractivity contribution is 5.86. The summed E-state index contributed by atoms with van der Waals surface area (Å²) in [4.78, 5) is 17.4. The van der Waals surface area contributed by atoms with E-state index in [1.807, 2.05) is 0 Å². The lowest BCUT2D eigenvalue weighted by molar-refractivity contribution is -0.127. The number of hydrogen-bond acceptors (Lipinski definition) is 4. The zero-order valence-corrected chi connectivity index (χ0v) is 15.4. The lowest BCUT2D eigenvalue weighted by Crippen LogP contribution is -2.58. The molecule has 2 aliphatic rings. The molecule has 1 aromatic rings. The fourth-order valence-electron chi connectivity index (χ4n) is 4.01. The number of hydrogen-bond donors (Lipinski definition) is 2. The smallest absolute Gasteiger partial charge is 0.240 e. The van der Waals surface area contributed by atoms with E-state index in [1.165, 1.54) is 12.1 Å². The number of amides is 1. The lowest BCUT2D eigenvalue weighted by atomic mass is 9.82. The van der Waals surface area contributed by atoms with Crippen LogP contribution in [0.5, 0.6) is 0 Å². The minimum Gasteiger partial charge on any atom is -0.369 e. The van der Waals surface area contributed by atoms with Gasteiger partial charge in [0.15, 0.2) is 0 Å². The Morgan fingerprint density at radius 3 is 2.40 bits per heavy atom. The van der Waals surface area contributed by atoms with E-state index in [1.54, 1.807) is 0 Å². The van der Waals surface area contributed by atoms with Gasteiger partial charge in [-0.2, -0.15) is 0 Å². The molecule has 0 aromatic heterocycles. The van der Waals surface area contributed by atoms with Crippen molar-refractivity contribution in [3.8, 4) is 0 Å². The Bertz CT molecular complexity index is 548. The maximum absolute atomic E-state index is 12.5. The molecule has 25 heavy (non-hydrogen) atoms. The molecular weight excluding hydrogens is 312 g/mol. The Morgan fingerprint density at radius 1 is 1.12 bits per heavy atom. The van der Waals surface area contributed by atoms with E-state index in [4.69, 9.17) is 5.73 Å². The van der Waals surface area contributed by atoms with Gasteiger partial charge in [-0.3, -0.25) is 9.69 Å². The summed E-state index contributed by atoms with van der Waals surface area (Å²) in [6, 6.07) is 10.9. The van der Waals surface area contributed by atoms with Crippen LogP contribution in [0, 0.1) is 0 Å². The van der Waals surface area contributed by atoms with Gasteiger partial charge in [0.05, 0.1) is 5.54 Å². The number of nitrogens with zero attached hydrogens (tertiary/aromatic N) is 2. The van der Waals surface area contributed by atoms with Crippen LogP contribution in [0.4, 0.5) is 5.69 Å². The van der Waals surface area contributed by atoms with Gasteiger partial charge in [0.2, 0.25) is 5.91 Å². The van der Waals surface area contributed by atoms with Crippen LogP contribution in [0.2, 0.25) is 0 Å². The molecule has 5 nitrogen and oxygen atoms in total. The van der Waals surface area contributed by atoms with Crippen LogP contribution in [-0.2, 0) is 4.79 Å². The summed E-state index contributed by atoms with van der Waals surface area (Å²) in [6.45, 7) is 7.00. The maximum Gasteiger partial charge on any atom is 0.240 e. The van der Waals surface area contributed by atoms with Gasteiger partial charge in [-0.1, -0.05) is 37.5 Å². The molecule has 3 rings (SSSR count). The average molecular weight is 345 g/mol. The van der Waals surface area contributed by atoms with Gasteiger partial charge in [0, 0.05) is 44.5 Å². The number of nitrogens with one attached hydrogen (secondary N) is 1. The zero-order chi connectivity index (χ0) is 17.7. The van der Waals surface area contributed by atoms with Crippen molar-refractivity contribution in [2.75, 3.05) is 37.6 Å². The van der Waals surface area contributed by atoms with Gasteiger partial charge < -0.3 is 16.0 Å². The fraction of sp³-hybridized carbons (Fsp3) is 0.650. The van der Waals surface area contributed by atoms with Gasteiger partial charge >= 0.3 is 0 Å². The van der Waals surface area contributed by atoms with E-state index in [0.29, 0.717) is 12.6 Å². The fourth-order valence-corrected chi connectivity index (χ4v) is 4.01. The molecule has 1 saturated heterocycles. The zero-order valence-electron chi connectivity index (χ0n) is 15.4. The highest BCUT2D eigenvalue weighted by Crippen LogP contribution is 2.26. The number of carbonyl (C=O) groups excluding carboxylic acids is 1. The monoisotopic (exact) mass is 344 g/mol. The average Bonchev–Trinajstić information content (AvgIpc) is 2.67. The van der Waals surface area contributed by atoms with Crippen molar-refractivity contribution in [2.45, 2.75) is 50.6 Å². The Labute approximate surface area is 151 Å². The third kappa shape index (κ3) is 4.53. The molecule has 0 bridgehead atoms. The largest absolute Gasteiger partial charge is 0.369 e. The second-order valence-corrected chi connectivity index (χ2v) is 7.63. The minimum absolute atomic E-state index is 0.0435. The summed E-state index contributed by atoms with van der Waals surface area (Å²) in [5.41, 5.74) is 6.98. The summed E-state index contributed by atoms with van der Waals surface area (Å²) < 4.78 is 0. The summed E-state index contributed by atoms with van der Waals surface area (Å²) in [5, 5.41) is 3.11. The molecule has 1 amide bonds. The van der Waals surface area contributed by atoms with E-state index in [9.17, 15) is 4.79 Å². The first-order chi connectivity index (χ1) is 12.1. The molecule has 1 heterocycles. The number of carbonyl (C=O) groups is 1. The Balaban J connectivity index is 1.43. The number of rotatable bonds is 5. The molecule has 1 aromatic carbocycles. The normalized spacial score (nSPS) is 22.4. The number of nitrogens with two attached hydrogens (primary N) is 1. The molecule has 138 valence electrons. The Morgan fingerprint density at radius 2 is 1.76 bits per heavy atom. The van der Waals surface area contributed by atoms with Gasteiger partial charge in [0.1, 0.15) is 0 Å². The first-order valence-corrected chi connectivity index (χ1v) is 9.70. The van der Waals surface area contributed by atoms with E-state index < -0.39 is 5.54 Å². The van der Waals surface area contributed by atoms with Crippen LogP contribution >= 0.6 is 0 Å². The minimum atomic E-state index is -0.635. The molecule has 3 N–H and O–H groups in total. The SMILES string of the molecule is CC(CNC(=O)C1(N)CCCCC1)N1CCN(c2ccccc2)CC1. The van der Waals surface area contributed by atoms with Crippen LogP contribution in [0.25, 0.3) is 0 Å². The van der Waals surface area contributed by atoms with Crippen molar-refractivity contribution >= 4 is 11.6 Å². The van der Waals surface area contributed by atoms with E-state index >= 15 is 0 Å². The van der Waals surface area contributed by atoms with Crippen LogP contribution in [0.1, 0.15) is 39.0 Å². The highest BCUT2D eigenvalue weighted by atomic mass is 16.2. The number of benzene rings is 1. The standard InChI is InChI=1S/C20H32N4O/c1-17(16-22-19(25)20(21)10-6-3-7-11-20)23-12-14-24(15-13-23)18-8-4-2-5-9-18/h2,4-5,8-9,17H,3,6-7,10-16,21H2,1H3,(H,22,25). The van der Waals surface area contributed by atoms with Gasteiger partial charge in [-0.15, -0.1) is 0 Å². The molecule has 2 fully saturated rings. The Hall–Kier alpha value is -1.59. The van der Waals surface area contributed by atoms with Gasteiger partial charge in [0.25, 0.3) is 0 Å². The van der Waals surface area contributed by atoms with Crippen molar-refractivity contribution in [2.24, 2.45) is 5.73 Å². The third-order valence-electron chi connectivity index (χ3n) is 5.81. The molecular formula is C20H32N4O. The van der Waals surface area contributed by atoms with Crippen molar-refractivity contribution in [3.63, 3.8) is 0 Å². The molecule has 1 aliphatic heterocycles. The van der Waals surface area contributed by atoms with E-state index in [0.717, 1.165) is 51.9 Å². The molecule has 1 aliphatic carbocycles. The summed E-state index contributed by atoms with van der Waals surface area (Å²) in [7, 11) is 0. The van der Waals surface area contributed by atoms with Crippen LogP contribution in [-0.4, -0.2) is 55.1 Å². The summed E-state index contributed by atoms with van der Waals surface area (Å²) >= 11 is 0. The number of para-hydroxylation sites is 1. The summed E-state index contributed by atoms with van der Waals surface area (Å²) in [5.74, 6) is 0.0435. The molecule has 0 spiro atoms. The summed E-state index contributed by atoms with van der Waals surface area (Å²) in [6.07, 6.45) is 4.99. The third-order valence-corrected chi connectivity index (χ3v) is 5.81. The second-order valence-electron chi connectivity index (χ2n) is 7.63. The molecule has 0 radical (unpaired) electrons. The van der Waals surface area contributed by atoms with Crippen LogP contribution < -0.4 is 16.0 Å². The van der Waals surface area contributed by atoms with Crippen molar-refractivity contribution in [1.29, 1.82) is 0 Å². The number of piperazine rings is 1. The first-order valence-electron chi connectivity index (χ1n) is 9.70. The number of anilines is 1. The predicted molar refractivity (Wildman–Crippen MR) is 103 cm³/mol. The molecule has 1 unspecified atom stereocenters. The molecule has 1 atom stereocenters. The highest BCUT2D eigenvalue weighted by Gasteiger charge is 2.35. The molecule has 1 saturated carbocycles. The molecule has 5 heteroatoms. The predicted octanol–water partition coefficient (Wildman–Crippen LogP) is 1.97. The van der Waals surface area contributed by atoms with Gasteiger partial charge in [-0.25, -0.2) is 0 Å². The topological polar surface area (TPSA) is 61.6 Å². The second kappa shape index (κ2) is 8.19. The van der Waals surface area contributed by atoms with Gasteiger partial charge in [-0.05, 0) is 31.9 Å². The van der Waals surface area contributed by atoms with Crippen LogP contribution in [0.15, 0.2) is 30.3 Å². The van der Waals surface area contributed by atoms with Crippen molar-refractivity contribution < 1.29 is 4.79 Å². The quantitative estimate of drug-likeness (QED) is 0.857. The Kier molecular flexibility index (Phi) is 5.97. The van der Waals surface area contributed by atoms with Crippen molar-refractivity contribution in [3.05, 3.63) is 30.3 Å². The first kappa shape index (κ1) is 18.2. The van der Waals surface area contributed by atoms with E-state index in [2.05, 4.69) is 52.4 Å².